The van der Waals surface area contributed by atoms with Crippen LogP contribution in [0.15, 0.2) is 85.5 Å². The molecule has 0 unspecified atom stereocenters. The van der Waals surface area contributed by atoms with E-state index in [1.807, 2.05) is 4.68 Å². The van der Waals surface area contributed by atoms with Gasteiger partial charge in [-0.2, -0.15) is 5.10 Å². The van der Waals surface area contributed by atoms with E-state index in [1.54, 1.807) is 12.7 Å². The molecule has 3 aromatic carbocycles. The summed E-state index contributed by atoms with van der Waals surface area (Å²) in [5, 5.41) is 7.91. The van der Waals surface area contributed by atoms with Crippen LogP contribution in [-0.2, 0) is 13.1 Å². The first-order chi connectivity index (χ1) is 13.4. The van der Waals surface area contributed by atoms with Gasteiger partial charge in [-0.3, -0.25) is 0 Å². The third-order valence-electron chi connectivity index (χ3n) is 5.18. The Labute approximate surface area is 158 Å². The maximum atomic E-state index is 4.16. The minimum atomic E-state index is 0.243. The van der Waals surface area contributed by atoms with Crippen molar-refractivity contribution >= 4 is 0 Å². The molecule has 4 aromatic rings. The minimum Gasteiger partial charge on any atom is -0.302 e. The summed E-state index contributed by atoms with van der Waals surface area (Å²) in [7, 11) is 0. The molecule has 1 heterocycles. The third-order valence-corrected chi connectivity index (χ3v) is 5.18. The molecular weight excluding hydrogens is 332 g/mol. The second kappa shape index (κ2) is 6.82. The number of fused-ring (bicyclic) bond motifs is 3. The van der Waals surface area contributed by atoms with E-state index in [2.05, 4.69) is 88.2 Å². The van der Waals surface area contributed by atoms with Gasteiger partial charge in [0.25, 0.3) is 0 Å². The lowest BCUT2D eigenvalue weighted by molar-refractivity contribution is 0.615. The fourth-order valence-corrected chi connectivity index (χ4v) is 3.86. The SMILES string of the molecule is c1ccc2c(c1)-c1ccccc1C2NCc1ccc(Cn2cncn2)cc1. The van der Waals surface area contributed by atoms with E-state index in [-0.39, 0.29) is 6.04 Å². The highest BCUT2D eigenvalue weighted by molar-refractivity contribution is 5.78. The Morgan fingerprint density at radius 2 is 1.41 bits per heavy atom. The van der Waals surface area contributed by atoms with Crippen molar-refractivity contribution in [2.45, 2.75) is 19.1 Å². The summed E-state index contributed by atoms with van der Waals surface area (Å²) in [6, 6.07) is 26.3. The van der Waals surface area contributed by atoms with Gasteiger partial charge in [0.05, 0.1) is 12.6 Å². The van der Waals surface area contributed by atoms with Gasteiger partial charge in [-0.1, -0.05) is 72.8 Å². The molecule has 132 valence electrons. The molecule has 1 aliphatic carbocycles. The average molecular weight is 352 g/mol. The van der Waals surface area contributed by atoms with E-state index < -0.39 is 0 Å². The lowest BCUT2D eigenvalue weighted by Crippen LogP contribution is -2.20. The summed E-state index contributed by atoms with van der Waals surface area (Å²) in [5.41, 5.74) is 7.91. The van der Waals surface area contributed by atoms with Gasteiger partial charge < -0.3 is 5.32 Å². The second-order valence-corrected chi connectivity index (χ2v) is 6.90. The molecule has 0 saturated heterocycles. The summed E-state index contributed by atoms with van der Waals surface area (Å²) in [5.74, 6) is 0. The summed E-state index contributed by atoms with van der Waals surface area (Å²) < 4.78 is 1.83. The van der Waals surface area contributed by atoms with Gasteiger partial charge in [-0.25, -0.2) is 9.67 Å². The van der Waals surface area contributed by atoms with Crippen molar-refractivity contribution in [2.75, 3.05) is 0 Å². The molecule has 0 spiro atoms. The molecule has 1 N–H and O–H groups in total. The van der Waals surface area contributed by atoms with Crippen LogP contribution in [0.5, 0.6) is 0 Å². The topological polar surface area (TPSA) is 42.7 Å². The molecule has 0 aliphatic heterocycles. The van der Waals surface area contributed by atoms with Crippen LogP contribution in [0, 0.1) is 0 Å². The van der Waals surface area contributed by atoms with Crippen LogP contribution in [-0.4, -0.2) is 14.8 Å². The van der Waals surface area contributed by atoms with E-state index in [1.165, 1.54) is 33.4 Å². The van der Waals surface area contributed by atoms with E-state index in [0.717, 1.165) is 13.1 Å². The molecule has 0 fully saturated rings. The van der Waals surface area contributed by atoms with Crippen LogP contribution in [0.2, 0.25) is 0 Å². The summed E-state index contributed by atoms with van der Waals surface area (Å²) >= 11 is 0. The van der Waals surface area contributed by atoms with Crippen LogP contribution in [0.3, 0.4) is 0 Å². The van der Waals surface area contributed by atoms with Crippen molar-refractivity contribution < 1.29 is 0 Å². The van der Waals surface area contributed by atoms with E-state index in [0.29, 0.717) is 0 Å². The Kier molecular flexibility index (Phi) is 4.03. The second-order valence-electron chi connectivity index (χ2n) is 6.90. The monoisotopic (exact) mass is 352 g/mol. The molecular formula is C23H20N4. The normalized spacial score (nSPS) is 12.7. The van der Waals surface area contributed by atoms with Crippen LogP contribution in [0.4, 0.5) is 0 Å². The molecule has 0 radical (unpaired) electrons. The number of hydrogen-bond donors (Lipinski definition) is 1. The fourth-order valence-electron chi connectivity index (χ4n) is 3.86. The average Bonchev–Trinajstić information content (AvgIpc) is 3.34. The fraction of sp³-hybridized carbons (Fsp3) is 0.130. The van der Waals surface area contributed by atoms with E-state index in [4.69, 9.17) is 0 Å². The predicted octanol–water partition coefficient (Wildman–Crippen LogP) is 4.19. The zero-order chi connectivity index (χ0) is 18.1. The van der Waals surface area contributed by atoms with Crippen molar-refractivity contribution in [3.8, 4) is 11.1 Å². The van der Waals surface area contributed by atoms with Crippen molar-refractivity contribution in [2.24, 2.45) is 0 Å². The Morgan fingerprint density at radius 3 is 2.04 bits per heavy atom. The van der Waals surface area contributed by atoms with Gasteiger partial charge >= 0.3 is 0 Å². The molecule has 0 amide bonds. The first kappa shape index (κ1) is 16.0. The molecule has 5 rings (SSSR count). The maximum Gasteiger partial charge on any atom is 0.137 e. The summed E-state index contributed by atoms with van der Waals surface area (Å²) in [6.07, 6.45) is 3.31. The molecule has 0 bridgehead atoms. The largest absolute Gasteiger partial charge is 0.302 e. The molecule has 4 nitrogen and oxygen atoms in total. The van der Waals surface area contributed by atoms with Gasteiger partial charge in [0.2, 0.25) is 0 Å². The smallest absolute Gasteiger partial charge is 0.137 e. The number of nitrogens with zero attached hydrogens (tertiary/aromatic N) is 3. The van der Waals surface area contributed by atoms with Crippen molar-refractivity contribution in [1.82, 2.24) is 20.1 Å². The Balaban J connectivity index is 1.33. The highest BCUT2D eigenvalue weighted by atomic mass is 15.3. The Hall–Kier alpha value is -3.24. The number of hydrogen-bond acceptors (Lipinski definition) is 3. The van der Waals surface area contributed by atoms with Gasteiger partial charge in [0.15, 0.2) is 0 Å². The summed E-state index contributed by atoms with van der Waals surface area (Å²) in [6.45, 7) is 1.58. The minimum absolute atomic E-state index is 0.243. The molecule has 0 atom stereocenters. The highest BCUT2D eigenvalue weighted by Crippen LogP contribution is 2.43. The standard InChI is InChI=1S/C23H20N4/c1-3-7-21-19(5-1)20-6-2-4-8-22(20)23(21)25-13-17-9-11-18(12-10-17)14-27-16-24-15-26-27/h1-12,15-16,23,25H,13-14H2. The van der Waals surface area contributed by atoms with E-state index >= 15 is 0 Å². The zero-order valence-corrected chi connectivity index (χ0v) is 14.9. The van der Waals surface area contributed by atoms with Gasteiger partial charge in [-0.05, 0) is 33.4 Å². The zero-order valence-electron chi connectivity index (χ0n) is 14.9. The highest BCUT2D eigenvalue weighted by Gasteiger charge is 2.27. The third kappa shape index (κ3) is 3.04. The molecule has 27 heavy (non-hydrogen) atoms. The van der Waals surface area contributed by atoms with Crippen LogP contribution >= 0.6 is 0 Å². The quantitative estimate of drug-likeness (QED) is 0.586. The number of benzene rings is 3. The molecule has 4 heteroatoms. The molecule has 1 aliphatic rings. The van der Waals surface area contributed by atoms with Gasteiger partial charge in [-0.15, -0.1) is 0 Å². The predicted molar refractivity (Wildman–Crippen MR) is 106 cm³/mol. The molecule has 1 aromatic heterocycles. The number of aromatic nitrogens is 3. The summed E-state index contributed by atoms with van der Waals surface area (Å²) in [4.78, 5) is 3.99. The van der Waals surface area contributed by atoms with Crippen molar-refractivity contribution in [3.63, 3.8) is 0 Å². The van der Waals surface area contributed by atoms with E-state index in [9.17, 15) is 0 Å². The van der Waals surface area contributed by atoms with Gasteiger partial charge in [0.1, 0.15) is 12.7 Å². The maximum absolute atomic E-state index is 4.16. The van der Waals surface area contributed by atoms with Crippen LogP contribution in [0.25, 0.3) is 11.1 Å². The van der Waals surface area contributed by atoms with Crippen LogP contribution < -0.4 is 5.32 Å². The lowest BCUT2D eigenvalue weighted by atomic mass is 10.0. The van der Waals surface area contributed by atoms with Crippen molar-refractivity contribution in [1.29, 1.82) is 0 Å². The Morgan fingerprint density at radius 1 is 0.778 bits per heavy atom. The Bertz CT molecular complexity index is 1010. The van der Waals surface area contributed by atoms with Gasteiger partial charge in [0, 0.05) is 6.54 Å². The first-order valence-electron chi connectivity index (χ1n) is 9.20. The van der Waals surface area contributed by atoms with Crippen molar-refractivity contribution in [3.05, 3.63) is 108 Å². The number of rotatable bonds is 5. The molecule has 0 saturated carbocycles. The first-order valence-corrected chi connectivity index (χ1v) is 9.20. The number of nitrogens with one attached hydrogen (secondary N) is 1. The van der Waals surface area contributed by atoms with Crippen LogP contribution in [0.1, 0.15) is 28.3 Å². The lowest BCUT2D eigenvalue weighted by Gasteiger charge is -2.16.